The molecular formula is C12H22N2O2. The molecule has 0 aliphatic carbocycles. The monoisotopic (exact) mass is 226 g/mol. The first kappa shape index (κ1) is 11.9. The Labute approximate surface area is 97.2 Å². The maximum atomic E-state index is 11.1. The van der Waals surface area contributed by atoms with E-state index in [1.54, 1.807) is 0 Å². The predicted octanol–water partition coefficient (Wildman–Crippen LogP) is 1.02. The van der Waals surface area contributed by atoms with Gasteiger partial charge in [0, 0.05) is 13.1 Å². The molecule has 0 aromatic rings. The average molecular weight is 226 g/mol. The fraction of sp³-hybridized carbons (Fsp3) is 0.917. The summed E-state index contributed by atoms with van der Waals surface area (Å²) in [5.41, 5.74) is 0. The quantitative estimate of drug-likeness (QED) is 0.777. The minimum absolute atomic E-state index is 0.226. The molecule has 1 unspecified atom stereocenters. The van der Waals surface area contributed by atoms with Crippen LogP contribution < -0.4 is 0 Å². The van der Waals surface area contributed by atoms with E-state index >= 15 is 0 Å². The van der Waals surface area contributed by atoms with Crippen molar-refractivity contribution in [1.82, 2.24) is 9.80 Å². The Morgan fingerprint density at radius 3 is 2.44 bits per heavy atom. The highest BCUT2D eigenvalue weighted by molar-refractivity contribution is 5.73. The number of carboxylic acids is 1. The van der Waals surface area contributed by atoms with E-state index in [0.29, 0.717) is 0 Å². The second-order valence-electron chi connectivity index (χ2n) is 4.93. The number of rotatable bonds is 4. The van der Waals surface area contributed by atoms with Crippen LogP contribution in [0.25, 0.3) is 0 Å². The zero-order chi connectivity index (χ0) is 11.4. The summed E-state index contributed by atoms with van der Waals surface area (Å²) >= 11 is 0. The number of likely N-dealkylation sites (tertiary alicyclic amines) is 2. The molecule has 4 heteroatoms. The molecule has 2 saturated heterocycles. The molecule has 0 bridgehead atoms. The molecule has 0 radical (unpaired) electrons. The van der Waals surface area contributed by atoms with Gasteiger partial charge in [0.15, 0.2) is 0 Å². The lowest BCUT2D eigenvalue weighted by Gasteiger charge is -2.33. The molecule has 2 fully saturated rings. The summed E-state index contributed by atoms with van der Waals surface area (Å²) in [6.45, 7) is 5.34. The zero-order valence-corrected chi connectivity index (χ0v) is 9.90. The molecule has 92 valence electrons. The third-order valence-electron chi connectivity index (χ3n) is 3.80. The van der Waals surface area contributed by atoms with Crippen LogP contribution in [0.3, 0.4) is 0 Å². The van der Waals surface area contributed by atoms with Gasteiger partial charge in [-0.2, -0.15) is 0 Å². The highest BCUT2D eigenvalue weighted by atomic mass is 16.4. The molecule has 2 rings (SSSR count). The number of hydrogen-bond acceptors (Lipinski definition) is 3. The summed E-state index contributed by atoms with van der Waals surface area (Å²) in [7, 11) is 0. The zero-order valence-electron chi connectivity index (χ0n) is 9.90. The van der Waals surface area contributed by atoms with Crippen LogP contribution in [0, 0.1) is 0 Å². The Kier molecular flexibility index (Phi) is 4.18. The van der Waals surface area contributed by atoms with Gasteiger partial charge in [-0.05, 0) is 45.3 Å². The normalized spacial score (nSPS) is 28.4. The van der Waals surface area contributed by atoms with Crippen molar-refractivity contribution in [1.29, 1.82) is 0 Å². The van der Waals surface area contributed by atoms with E-state index in [0.717, 1.165) is 38.9 Å². The molecule has 4 nitrogen and oxygen atoms in total. The summed E-state index contributed by atoms with van der Waals surface area (Å²) in [5, 5.41) is 9.15. The van der Waals surface area contributed by atoms with Crippen LogP contribution in [0.2, 0.25) is 0 Å². The van der Waals surface area contributed by atoms with Crippen molar-refractivity contribution in [2.45, 2.75) is 38.1 Å². The molecule has 16 heavy (non-hydrogen) atoms. The lowest BCUT2D eigenvalue weighted by Crippen LogP contribution is -2.47. The first-order chi connectivity index (χ1) is 7.77. The lowest BCUT2D eigenvalue weighted by atomic mass is 10.0. The minimum atomic E-state index is -0.638. The second-order valence-corrected chi connectivity index (χ2v) is 4.93. The molecule has 1 atom stereocenters. The largest absolute Gasteiger partial charge is 0.480 e. The van der Waals surface area contributed by atoms with E-state index < -0.39 is 5.97 Å². The van der Waals surface area contributed by atoms with Crippen molar-refractivity contribution in [3.63, 3.8) is 0 Å². The fourth-order valence-electron chi connectivity index (χ4n) is 2.81. The van der Waals surface area contributed by atoms with Gasteiger partial charge in [0.2, 0.25) is 0 Å². The van der Waals surface area contributed by atoms with Crippen molar-refractivity contribution < 1.29 is 9.90 Å². The Morgan fingerprint density at radius 1 is 1.06 bits per heavy atom. The molecule has 0 aromatic carbocycles. The number of carboxylic acid groups (broad SMARTS) is 1. The van der Waals surface area contributed by atoms with Crippen molar-refractivity contribution in [3.8, 4) is 0 Å². The van der Waals surface area contributed by atoms with Gasteiger partial charge in [-0.1, -0.05) is 6.42 Å². The molecule has 0 aromatic heterocycles. The van der Waals surface area contributed by atoms with Crippen molar-refractivity contribution >= 4 is 5.97 Å². The van der Waals surface area contributed by atoms with Crippen LogP contribution in [0.5, 0.6) is 0 Å². The molecular weight excluding hydrogens is 204 g/mol. The molecule has 2 heterocycles. The van der Waals surface area contributed by atoms with Gasteiger partial charge in [-0.3, -0.25) is 9.69 Å². The predicted molar refractivity (Wildman–Crippen MR) is 62.5 cm³/mol. The first-order valence-corrected chi connectivity index (χ1v) is 6.46. The van der Waals surface area contributed by atoms with Crippen LogP contribution in [-0.2, 0) is 4.79 Å². The standard InChI is InChI=1S/C12H22N2O2/c15-12(16)11-5-1-2-8-14(11)10-9-13-6-3-4-7-13/h11H,1-10H2,(H,15,16). The van der Waals surface area contributed by atoms with Gasteiger partial charge in [-0.25, -0.2) is 0 Å². The third kappa shape index (κ3) is 2.95. The van der Waals surface area contributed by atoms with E-state index in [1.807, 2.05) is 0 Å². The van der Waals surface area contributed by atoms with Gasteiger partial charge >= 0.3 is 5.97 Å². The topological polar surface area (TPSA) is 43.8 Å². The molecule has 0 saturated carbocycles. The van der Waals surface area contributed by atoms with Crippen molar-refractivity contribution in [2.24, 2.45) is 0 Å². The van der Waals surface area contributed by atoms with Gasteiger partial charge in [0.25, 0.3) is 0 Å². The number of aliphatic carboxylic acids is 1. The first-order valence-electron chi connectivity index (χ1n) is 6.46. The number of hydrogen-bond donors (Lipinski definition) is 1. The smallest absolute Gasteiger partial charge is 0.320 e. The molecule has 2 aliphatic heterocycles. The summed E-state index contributed by atoms with van der Waals surface area (Å²) in [6, 6.07) is -0.226. The van der Waals surface area contributed by atoms with Crippen LogP contribution in [0.4, 0.5) is 0 Å². The minimum Gasteiger partial charge on any atom is -0.480 e. The highest BCUT2D eigenvalue weighted by Gasteiger charge is 2.28. The van der Waals surface area contributed by atoms with Crippen molar-refractivity contribution in [2.75, 3.05) is 32.7 Å². The highest BCUT2D eigenvalue weighted by Crippen LogP contribution is 2.17. The molecule has 0 spiro atoms. The van der Waals surface area contributed by atoms with Crippen LogP contribution in [0.15, 0.2) is 0 Å². The van der Waals surface area contributed by atoms with Crippen LogP contribution in [-0.4, -0.2) is 59.6 Å². The summed E-state index contributed by atoms with van der Waals surface area (Å²) in [6.07, 6.45) is 5.67. The van der Waals surface area contributed by atoms with E-state index in [4.69, 9.17) is 5.11 Å². The van der Waals surface area contributed by atoms with Gasteiger partial charge in [0.1, 0.15) is 6.04 Å². The summed E-state index contributed by atoms with van der Waals surface area (Å²) < 4.78 is 0. The third-order valence-corrected chi connectivity index (χ3v) is 3.80. The maximum Gasteiger partial charge on any atom is 0.320 e. The van der Waals surface area contributed by atoms with E-state index in [9.17, 15) is 4.79 Å². The van der Waals surface area contributed by atoms with E-state index in [1.165, 1.54) is 25.9 Å². The average Bonchev–Trinajstić information content (AvgIpc) is 2.79. The SMILES string of the molecule is O=C(O)C1CCCCN1CCN1CCCC1. The maximum absolute atomic E-state index is 11.1. The fourth-order valence-corrected chi connectivity index (χ4v) is 2.81. The Bertz CT molecular complexity index is 239. The summed E-state index contributed by atoms with van der Waals surface area (Å²) in [5.74, 6) is -0.638. The number of piperidine rings is 1. The Morgan fingerprint density at radius 2 is 1.75 bits per heavy atom. The van der Waals surface area contributed by atoms with Gasteiger partial charge < -0.3 is 10.0 Å². The van der Waals surface area contributed by atoms with Crippen LogP contribution >= 0.6 is 0 Å². The van der Waals surface area contributed by atoms with E-state index in [-0.39, 0.29) is 6.04 Å². The summed E-state index contributed by atoms with van der Waals surface area (Å²) in [4.78, 5) is 15.7. The Hall–Kier alpha value is -0.610. The number of carbonyl (C=O) groups is 1. The lowest BCUT2D eigenvalue weighted by molar-refractivity contribution is -0.144. The van der Waals surface area contributed by atoms with Crippen LogP contribution in [0.1, 0.15) is 32.1 Å². The van der Waals surface area contributed by atoms with Gasteiger partial charge in [-0.15, -0.1) is 0 Å². The molecule has 2 aliphatic rings. The van der Waals surface area contributed by atoms with E-state index in [2.05, 4.69) is 9.80 Å². The molecule has 0 amide bonds. The van der Waals surface area contributed by atoms with Crippen molar-refractivity contribution in [3.05, 3.63) is 0 Å². The second kappa shape index (κ2) is 5.64. The number of nitrogens with zero attached hydrogens (tertiary/aromatic N) is 2. The molecule has 1 N–H and O–H groups in total. The Balaban J connectivity index is 1.78. The van der Waals surface area contributed by atoms with Gasteiger partial charge in [0.05, 0.1) is 0 Å².